The molecule has 7 heteroatoms. The molecule has 3 N–H and O–H groups in total. The SMILES string of the molecule is COc1ccc(CCNC(=O)C(C)OC(=O)c2ccc(C)c(O)c2O)cc1. The van der Waals surface area contributed by atoms with Gasteiger partial charge in [-0.25, -0.2) is 4.79 Å². The lowest BCUT2D eigenvalue weighted by molar-refractivity contribution is -0.129. The summed E-state index contributed by atoms with van der Waals surface area (Å²) >= 11 is 0. The van der Waals surface area contributed by atoms with Crippen molar-refractivity contribution in [3.05, 3.63) is 53.1 Å². The van der Waals surface area contributed by atoms with Gasteiger partial charge in [0.25, 0.3) is 5.91 Å². The number of benzene rings is 2. The summed E-state index contributed by atoms with van der Waals surface area (Å²) in [5, 5.41) is 22.2. The van der Waals surface area contributed by atoms with Crippen molar-refractivity contribution in [2.75, 3.05) is 13.7 Å². The molecule has 7 nitrogen and oxygen atoms in total. The van der Waals surface area contributed by atoms with Crippen LogP contribution in [0.1, 0.15) is 28.4 Å². The average Bonchev–Trinajstić information content (AvgIpc) is 2.66. The number of aromatic hydroxyl groups is 2. The fraction of sp³-hybridized carbons (Fsp3) is 0.300. The van der Waals surface area contributed by atoms with Crippen molar-refractivity contribution in [2.24, 2.45) is 0 Å². The Morgan fingerprint density at radius 1 is 1.07 bits per heavy atom. The van der Waals surface area contributed by atoms with Crippen LogP contribution in [0.2, 0.25) is 0 Å². The Morgan fingerprint density at radius 3 is 2.37 bits per heavy atom. The van der Waals surface area contributed by atoms with Gasteiger partial charge >= 0.3 is 5.97 Å². The van der Waals surface area contributed by atoms with Gasteiger partial charge in [0.2, 0.25) is 0 Å². The number of methoxy groups -OCH3 is 1. The summed E-state index contributed by atoms with van der Waals surface area (Å²) < 4.78 is 10.2. The van der Waals surface area contributed by atoms with Gasteiger partial charge in [-0.3, -0.25) is 4.79 Å². The number of carbonyl (C=O) groups excluding carboxylic acids is 2. The summed E-state index contributed by atoms with van der Waals surface area (Å²) in [6.45, 7) is 3.40. The van der Waals surface area contributed by atoms with Crippen LogP contribution in [-0.2, 0) is 16.0 Å². The first-order chi connectivity index (χ1) is 12.8. The Labute approximate surface area is 157 Å². The molecule has 0 saturated heterocycles. The first kappa shape index (κ1) is 20.1. The molecule has 1 unspecified atom stereocenters. The second-order valence-electron chi connectivity index (χ2n) is 6.06. The fourth-order valence-electron chi connectivity index (χ4n) is 2.39. The number of esters is 1. The molecular weight excluding hydrogens is 350 g/mol. The van der Waals surface area contributed by atoms with Crippen LogP contribution in [0.3, 0.4) is 0 Å². The number of ether oxygens (including phenoxy) is 2. The number of amides is 1. The standard InChI is InChI=1S/C20H23NO6/c1-12-4-9-16(18(23)17(12)22)20(25)27-13(2)19(24)21-11-10-14-5-7-15(26-3)8-6-14/h4-9,13,22-23H,10-11H2,1-3H3,(H,21,24). The molecule has 2 aromatic carbocycles. The minimum atomic E-state index is -1.05. The Balaban J connectivity index is 1.86. The number of phenolic OH excluding ortho intramolecular Hbond substituents is 2. The molecule has 0 aliphatic rings. The van der Waals surface area contributed by atoms with Crippen molar-refractivity contribution in [1.82, 2.24) is 5.32 Å². The topological polar surface area (TPSA) is 105 Å². The van der Waals surface area contributed by atoms with Gasteiger partial charge in [0.1, 0.15) is 11.3 Å². The van der Waals surface area contributed by atoms with Crippen LogP contribution >= 0.6 is 0 Å². The predicted molar refractivity (Wildman–Crippen MR) is 99.1 cm³/mol. The van der Waals surface area contributed by atoms with E-state index in [1.807, 2.05) is 24.3 Å². The molecule has 1 amide bonds. The van der Waals surface area contributed by atoms with Gasteiger partial charge in [-0.15, -0.1) is 0 Å². The normalized spacial score (nSPS) is 11.5. The number of rotatable bonds is 7. The number of carbonyl (C=O) groups is 2. The summed E-state index contributed by atoms with van der Waals surface area (Å²) in [4.78, 5) is 24.2. The van der Waals surface area contributed by atoms with Gasteiger partial charge in [0.05, 0.1) is 7.11 Å². The monoisotopic (exact) mass is 373 g/mol. The zero-order chi connectivity index (χ0) is 20.0. The van der Waals surface area contributed by atoms with Crippen LogP contribution in [0.25, 0.3) is 0 Å². The molecule has 144 valence electrons. The number of aryl methyl sites for hydroxylation is 1. The maximum absolute atomic E-state index is 12.1. The lowest BCUT2D eigenvalue weighted by atomic mass is 10.1. The summed E-state index contributed by atoms with van der Waals surface area (Å²) in [5.41, 5.74) is 1.25. The fourth-order valence-corrected chi connectivity index (χ4v) is 2.39. The average molecular weight is 373 g/mol. The zero-order valence-corrected chi connectivity index (χ0v) is 15.5. The third-order valence-corrected chi connectivity index (χ3v) is 4.10. The van der Waals surface area contributed by atoms with Gasteiger partial charge in [0.15, 0.2) is 17.6 Å². The highest BCUT2D eigenvalue weighted by Gasteiger charge is 2.22. The molecule has 0 radical (unpaired) electrons. The van der Waals surface area contributed by atoms with Crippen molar-refractivity contribution >= 4 is 11.9 Å². The Kier molecular flexibility index (Phi) is 6.65. The van der Waals surface area contributed by atoms with Crippen LogP contribution in [0, 0.1) is 6.92 Å². The molecule has 0 fully saturated rings. The molecule has 0 aliphatic carbocycles. The van der Waals surface area contributed by atoms with Gasteiger partial charge in [-0.1, -0.05) is 18.2 Å². The lowest BCUT2D eigenvalue weighted by Crippen LogP contribution is -2.36. The summed E-state index contributed by atoms with van der Waals surface area (Å²) in [6.07, 6.45) is -0.431. The van der Waals surface area contributed by atoms with Crippen molar-refractivity contribution < 1.29 is 29.3 Å². The molecular formula is C20H23NO6. The van der Waals surface area contributed by atoms with E-state index in [-0.39, 0.29) is 11.3 Å². The summed E-state index contributed by atoms with van der Waals surface area (Å²) in [7, 11) is 1.59. The molecule has 0 saturated carbocycles. The molecule has 1 atom stereocenters. The van der Waals surface area contributed by atoms with E-state index in [0.29, 0.717) is 18.5 Å². The number of hydrogen-bond acceptors (Lipinski definition) is 6. The van der Waals surface area contributed by atoms with Crippen LogP contribution in [0.4, 0.5) is 0 Å². The molecule has 27 heavy (non-hydrogen) atoms. The largest absolute Gasteiger partial charge is 0.504 e. The second kappa shape index (κ2) is 8.93. The van der Waals surface area contributed by atoms with Crippen molar-refractivity contribution in [3.8, 4) is 17.2 Å². The summed E-state index contributed by atoms with van der Waals surface area (Å²) in [6, 6.07) is 10.3. The third-order valence-electron chi connectivity index (χ3n) is 4.10. The predicted octanol–water partition coefficient (Wildman–Crippen LogP) is 2.32. The Hall–Kier alpha value is -3.22. The number of phenols is 2. The van der Waals surface area contributed by atoms with Crippen LogP contribution in [-0.4, -0.2) is 41.8 Å². The molecule has 2 rings (SSSR count). The minimum Gasteiger partial charge on any atom is -0.504 e. The van der Waals surface area contributed by atoms with E-state index in [1.165, 1.54) is 19.1 Å². The molecule has 0 aliphatic heterocycles. The smallest absolute Gasteiger partial charge is 0.342 e. The van der Waals surface area contributed by atoms with Crippen LogP contribution in [0.5, 0.6) is 17.2 Å². The van der Waals surface area contributed by atoms with Crippen molar-refractivity contribution in [1.29, 1.82) is 0 Å². The highest BCUT2D eigenvalue weighted by molar-refractivity contribution is 5.95. The van der Waals surface area contributed by atoms with Crippen molar-refractivity contribution in [3.63, 3.8) is 0 Å². The van der Waals surface area contributed by atoms with Crippen LogP contribution in [0.15, 0.2) is 36.4 Å². The molecule has 0 heterocycles. The van der Waals surface area contributed by atoms with Gasteiger partial charge in [0, 0.05) is 6.54 Å². The highest BCUT2D eigenvalue weighted by Crippen LogP contribution is 2.32. The minimum absolute atomic E-state index is 0.198. The van der Waals surface area contributed by atoms with Gasteiger partial charge in [-0.2, -0.15) is 0 Å². The van der Waals surface area contributed by atoms with E-state index in [0.717, 1.165) is 11.3 Å². The first-order valence-electron chi connectivity index (χ1n) is 8.46. The summed E-state index contributed by atoms with van der Waals surface area (Å²) in [5.74, 6) is -1.53. The number of nitrogens with one attached hydrogen (secondary N) is 1. The first-order valence-corrected chi connectivity index (χ1v) is 8.46. The molecule has 0 bridgehead atoms. The third kappa shape index (κ3) is 5.13. The van der Waals surface area contributed by atoms with E-state index >= 15 is 0 Å². The Bertz CT molecular complexity index is 816. The molecule has 0 aromatic heterocycles. The zero-order valence-electron chi connectivity index (χ0n) is 15.5. The Morgan fingerprint density at radius 2 is 1.74 bits per heavy atom. The lowest BCUT2D eigenvalue weighted by Gasteiger charge is -2.14. The molecule has 2 aromatic rings. The molecule has 0 spiro atoms. The quantitative estimate of drug-likeness (QED) is 0.508. The van der Waals surface area contributed by atoms with Crippen molar-refractivity contribution in [2.45, 2.75) is 26.4 Å². The maximum Gasteiger partial charge on any atom is 0.342 e. The second-order valence-corrected chi connectivity index (χ2v) is 6.06. The maximum atomic E-state index is 12.1. The van der Waals surface area contributed by atoms with Crippen LogP contribution < -0.4 is 10.1 Å². The number of hydrogen-bond donors (Lipinski definition) is 3. The van der Waals surface area contributed by atoms with E-state index in [4.69, 9.17) is 9.47 Å². The van der Waals surface area contributed by atoms with E-state index in [1.54, 1.807) is 14.0 Å². The highest BCUT2D eigenvalue weighted by atomic mass is 16.5. The van der Waals surface area contributed by atoms with Gasteiger partial charge in [-0.05, 0) is 49.6 Å². The van der Waals surface area contributed by atoms with E-state index < -0.39 is 23.7 Å². The van der Waals surface area contributed by atoms with E-state index in [2.05, 4.69) is 5.32 Å². The van der Waals surface area contributed by atoms with E-state index in [9.17, 15) is 19.8 Å². The van der Waals surface area contributed by atoms with Gasteiger partial charge < -0.3 is 25.0 Å².